The maximum absolute atomic E-state index is 5.31. The first kappa shape index (κ1) is 11.9. The highest BCUT2D eigenvalue weighted by Gasteiger charge is 1.88. The fourth-order valence-electron chi connectivity index (χ4n) is 0.724. The summed E-state index contributed by atoms with van der Waals surface area (Å²) in [6.07, 6.45) is 0. The third kappa shape index (κ3) is 4.70. The normalized spacial score (nSPS) is 8.75. The average Bonchev–Trinajstić information content (AvgIpc) is 2.07. The van der Waals surface area contributed by atoms with Crippen molar-refractivity contribution in [3.05, 3.63) is 30.3 Å². The molecule has 12 heavy (non-hydrogen) atoms. The molecule has 0 saturated carbocycles. The van der Waals surface area contributed by atoms with Crippen LogP contribution in [0.25, 0.3) is 0 Å². The number of benzene rings is 1. The van der Waals surface area contributed by atoms with E-state index in [-0.39, 0.29) is 17.0 Å². The first-order valence-corrected chi connectivity index (χ1v) is 3.90. The molecular formula is C8H12BrO2P. The van der Waals surface area contributed by atoms with Crippen LogP contribution in [0.15, 0.2) is 30.3 Å². The molecular weight excluding hydrogens is 239 g/mol. The highest BCUT2D eigenvalue weighted by Crippen LogP contribution is 2.07. The lowest BCUT2D eigenvalue weighted by molar-refractivity contribution is 0.238. The molecule has 0 aliphatic rings. The minimum Gasteiger partial charge on any atom is -0.491 e. The van der Waals surface area contributed by atoms with Gasteiger partial charge in [-0.25, -0.2) is 0 Å². The molecule has 0 fully saturated rings. The van der Waals surface area contributed by atoms with E-state index in [0.717, 1.165) is 5.75 Å². The van der Waals surface area contributed by atoms with E-state index >= 15 is 0 Å². The molecule has 1 aromatic carbocycles. The molecule has 0 aliphatic carbocycles. The Hall–Kier alpha value is -0.110. The van der Waals surface area contributed by atoms with Crippen LogP contribution in [0, 0.1) is 0 Å². The number of para-hydroxylation sites is 1. The van der Waals surface area contributed by atoms with Gasteiger partial charge in [0.2, 0.25) is 0 Å². The van der Waals surface area contributed by atoms with E-state index in [1.807, 2.05) is 30.3 Å². The lowest BCUT2D eigenvalue weighted by Crippen LogP contribution is -2.01. The molecule has 0 N–H and O–H groups in total. The molecule has 0 amide bonds. The Morgan fingerprint density at radius 2 is 1.75 bits per heavy atom. The van der Waals surface area contributed by atoms with Gasteiger partial charge in [-0.1, -0.05) is 18.2 Å². The van der Waals surface area contributed by atoms with Gasteiger partial charge < -0.3 is 9.26 Å². The SMILES string of the molecule is Br.POCCOc1ccccc1. The van der Waals surface area contributed by atoms with E-state index in [1.54, 1.807) is 0 Å². The summed E-state index contributed by atoms with van der Waals surface area (Å²) in [5.74, 6) is 0.884. The third-order valence-electron chi connectivity index (χ3n) is 1.21. The summed E-state index contributed by atoms with van der Waals surface area (Å²) in [7, 11) is 2.19. The van der Waals surface area contributed by atoms with Gasteiger partial charge in [0.1, 0.15) is 12.4 Å². The monoisotopic (exact) mass is 250 g/mol. The van der Waals surface area contributed by atoms with Gasteiger partial charge in [-0.2, -0.15) is 0 Å². The smallest absolute Gasteiger partial charge is 0.119 e. The van der Waals surface area contributed by atoms with Gasteiger partial charge in [0, 0.05) is 9.47 Å². The average molecular weight is 251 g/mol. The Kier molecular flexibility index (Phi) is 7.47. The van der Waals surface area contributed by atoms with E-state index < -0.39 is 0 Å². The quantitative estimate of drug-likeness (QED) is 0.604. The largest absolute Gasteiger partial charge is 0.491 e. The highest BCUT2D eigenvalue weighted by molar-refractivity contribution is 8.93. The molecule has 2 nitrogen and oxygen atoms in total. The van der Waals surface area contributed by atoms with Gasteiger partial charge in [-0.15, -0.1) is 17.0 Å². The summed E-state index contributed by atoms with van der Waals surface area (Å²) >= 11 is 0. The van der Waals surface area contributed by atoms with Gasteiger partial charge in [0.15, 0.2) is 0 Å². The Morgan fingerprint density at radius 1 is 1.08 bits per heavy atom. The van der Waals surface area contributed by atoms with Crippen LogP contribution in [0.4, 0.5) is 0 Å². The number of ether oxygens (including phenoxy) is 1. The van der Waals surface area contributed by atoms with E-state index in [1.165, 1.54) is 0 Å². The summed E-state index contributed by atoms with van der Waals surface area (Å²) in [4.78, 5) is 0. The molecule has 1 rings (SSSR count). The third-order valence-corrected chi connectivity index (χ3v) is 1.45. The van der Waals surface area contributed by atoms with E-state index in [9.17, 15) is 0 Å². The molecule has 1 aromatic rings. The molecule has 1 atom stereocenters. The molecule has 0 aromatic heterocycles. The van der Waals surface area contributed by atoms with Gasteiger partial charge >= 0.3 is 0 Å². The predicted molar refractivity (Wildman–Crippen MR) is 57.9 cm³/mol. The van der Waals surface area contributed by atoms with Gasteiger partial charge in [-0.05, 0) is 12.1 Å². The number of hydrogen-bond donors (Lipinski definition) is 0. The highest BCUT2D eigenvalue weighted by atomic mass is 79.9. The van der Waals surface area contributed by atoms with Crippen molar-refractivity contribution in [3.8, 4) is 5.75 Å². The van der Waals surface area contributed by atoms with Crippen molar-refractivity contribution in [2.75, 3.05) is 13.2 Å². The zero-order valence-corrected chi connectivity index (χ0v) is 9.47. The van der Waals surface area contributed by atoms with Crippen LogP contribution >= 0.6 is 26.4 Å². The molecule has 1 unspecified atom stereocenters. The first-order chi connectivity index (χ1) is 5.43. The standard InChI is InChI=1S/C8H11O2P.BrH/c11-10-7-6-9-8-4-2-1-3-5-8;/h1-5H,6-7,11H2;1H. The van der Waals surface area contributed by atoms with Crippen LogP contribution in [-0.2, 0) is 4.52 Å². The molecule has 0 saturated heterocycles. The van der Waals surface area contributed by atoms with Crippen molar-refractivity contribution in [3.63, 3.8) is 0 Å². The molecule has 0 bridgehead atoms. The van der Waals surface area contributed by atoms with Gasteiger partial charge in [0.05, 0.1) is 6.61 Å². The maximum atomic E-state index is 5.31. The van der Waals surface area contributed by atoms with Crippen LogP contribution in [0.5, 0.6) is 5.75 Å². The minimum atomic E-state index is 0. The molecule has 68 valence electrons. The lowest BCUT2D eigenvalue weighted by Gasteiger charge is -2.03. The molecule has 0 heterocycles. The fraction of sp³-hybridized carbons (Fsp3) is 0.250. The van der Waals surface area contributed by atoms with Crippen molar-refractivity contribution in [1.82, 2.24) is 0 Å². The van der Waals surface area contributed by atoms with E-state index in [2.05, 4.69) is 9.47 Å². The zero-order chi connectivity index (χ0) is 7.94. The molecule has 0 aliphatic heterocycles. The lowest BCUT2D eigenvalue weighted by atomic mass is 10.3. The van der Waals surface area contributed by atoms with Gasteiger partial charge in [0.25, 0.3) is 0 Å². The van der Waals surface area contributed by atoms with Crippen molar-refractivity contribution < 1.29 is 9.26 Å². The zero-order valence-electron chi connectivity index (χ0n) is 6.60. The summed E-state index contributed by atoms with van der Waals surface area (Å²) in [5.41, 5.74) is 0. The van der Waals surface area contributed by atoms with Crippen LogP contribution in [0.3, 0.4) is 0 Å². The van der Waals surface area contributed by atoms with Crippen LogP contribution in [-0.4, -0.2) is 13.2 Å². The second-order valence-corrected chi connectivity index (χ2v) is 2.37. The van der Waals surface area contributed by atoms with E-state index in [4.69, 9.17) is 9.26 Å². The van der Waals surface area contributed by atoms with Crippen LogP contribution in [0.2, 0.25) is 0 Å². The van der Waals surface area contributed by atoms with Crippen molar-refractivity contribution in [2.24, 2.45) is 0 Å². The van der Waals surface area contributed by atoms with E-state index in [0.29, 0.717) is 13.2 Å². The Bertz CT molecular complexity index is 194. The molecule has 0 radical (unpaired) electrons. The molecule has 0 spiro atoms. The maximum Gasteiger partial charge on any atom is 0.119 e. The predicted octanol–water partition coefficient (Wildman–Crippen LogP) is 2.45. The first-order valence-electron chi connectivity index (χ1n) is 3.43. The topological polar surface area (TPSA) is 18.5 Å². The Morgan fingerprint density at radius 3 is 2.33 bits per heavy atom. The minimum absolute atomic E-state index is 0. The van der Waals surface area contributed by atoms with Crippen LogP contribution < -0.4 is 4.74 Å². The van der Waals surface area contributed by atoms with Crippen molar-refractivity contribution in [2.45, 2.75) is 0 Å². The molecule has 4 heteroatoms. The number of hydrogen-bond acceptors (Lipinski definition) is 2. The van der Waals surface area contributed by atoms with Crippen molar-refractivity contribution in [1.29, 1.82) is 0 Å². The number of rotatable bonds is 4. The number of halogens is 1. The summed E-state index contributed by atoms with van der Waals surface area (Å²) < 4.78 is 10.1. The van der Waals surface area contributed by atoms with Crippen LogP contribution in [0.1, 0.15) is 0 Å². The Labute approximate surface area is 85.3 Å². The summed E-state index contributed by atoms with van der Waals surface area (Å²) in [6.45, 7) is 1.19. The summed E-state index contributed by atoms with van der Waals surface area (Å²) in [5, 5.41) is 0. The Balaban J connectivity index is 0.00000121. The van der Waals surface area contributed by atoms with Gasteiger partial charge in [-0.3, -0.25) is 0 Å². The fourth-order valence-corrected chi connectivity index (χ4v) is 0.821. The second-order valence-electron chi connectivity index (χ2n) is 2.03. The van der Waals surface area contributed by atoms with Crippen molar-refractivity contribution >= 4 is 26.4 Å². The summed E-state index contributed by atoms with van der Waals surface area (Å²) in [6, 6.07) is 9.68. The second kappa shape index (κ2) is 7.53.